The van der Waals surface area contributed by atoms with Crippen LogP contribution in [0.3, 0.4) is 0 Å². The van der Waals surface area contributed by atoms with E-state index in [0.717, 1.165) is 11.1 Å². The van der Waals surface area contributed by atoms with Crippen LogP contribution in [-0.2, 0) is 5.75 Å². The largest absolute Gasteiger partial charge is 0.431 e. The van der Waals surface area contributed by atoms with Crippen LogP contribution in [0.5, 0.6) is 0 Å². The zero-order valence-corrected chi connectivity index (χ0v) is 11.7. The average Bonchev–Trinajstić information content (AvgIpc) is 2.88. The lowest BCUT2D eigenvalue weighted by atomic mass is 10.1. The fourth-order valence-corrected chi connectivity index (χ4v) is 2.66. The molecular formula is C15H10FN3OS. The van der Waals surface area contributed by atoms with Gasteiger partial charge in [0.15, 0.2) is 5.58 Å². The molecule has 0 bridgehead atoms. The molecule has 2 aromatic carbocycles. The fourth-order valence-electron chi connectivity index (χ4n) is 1.87. The second-order valence-corrected chi connectivity index (χ2v) is 5.35. The standard InChI is InChI=1S/C15H10FN3OS/c16-12-3-1-9(5-10(12)7-17)8-21-15-19-13-4-2-11(18)6-14(13)20-15/h1-6H,8,18H2. The summed E-state index contributed by atoms with van der Waals surface area (Å²) in [5.74, 6) is 0.0284. The lowest BCUT2D eigenvalue weighted by molar-refractivity contribution is 0.489. The molecule has 2 N–H and O–H groups in total. The number of rotatable bonds is 3. The molecule has 3 rings (SSSR count). The van der Waals surface area contributed by atoms with Gasteiger partial charge in [-0.05, 0) is 29.8 Å². The molecule has 1 heterocycles. The molecule has 0 atom stereocenters. The van der Waals surface area contributed by atoms with Gasteiger partial charge < -0.3 is 10.2 Å². The minimum Gasteiger partial charge on any atom is -0.431 e. The number of thioether (sulfide) groups is 1. The van der Waals surface area contributed by atoms with Gasteiger partial charge in [-0.2, -0.15) is 5.26 Å². The predicted molar refractivity (Wildman–Crippen MR) is 79.1 cm³/mol. The van der Waals surface area contributed by atoms with Gasteiger partial charge in [0.1, 0.15) is 17.4 Å². The molecule has 6 heteroatoms. The van der Waals surface area contributed by atoms with E-state index in [0.29, 0.717) is 22.2 Å². The number of nitrogen functional groups attached to an aromatic ring is 1. The molecule has 0 aliphatic carbocycles. The van der Waals surface area contributed by atoms with E-state index in [2.05, 4.69) is 4.98 Å². The van der Waals surface area contributed by atoms with Crippen molar-refractivity contribution < 1.29 is 8.81 Å². The molecule has 0 aliphatic heterocycles. The van der Waals surface area contributed by atoms with Gasteiger partial charge in [-0.3, -0.25) is 0 Å². The molecular weight excluding hydrogens is 289 g/mol. The molecule has 0 amide bonds. The van der Waals surface area contributed by atoms with Crippen molar-refractivity contribution in [3.63, 3.8) is 0 Å². The van der Waals surface area contributed by atoms with Crippen molar-refractivity contribution in [1.29, 1.82) is 5.26 Å². The SMILES string of the molecule is N#Cc1cc(CSc2nc3ccc(N)cc3o2)ccc1F. The topological polar surface area (TPSA) is 75.8 Å². The van der Waals surface area contributed by atoms with Crippen molar-refractivity contribution >= 4 is 28.5 Å². The highest BCUT2D eigenvalue weighted by Crippen LogP contribution is 2.27. The summed E-state index contributed by atoms with van der Waals surface area (Å²) in [4.78, 5) is 4.33. The van der Waals surface area contributed by atoms with E-state index >= 15 is 0 Å². The van der Waals surface area contributed by atoms with E-state index in [1.807, 2.05) is 6.07 Å². The first kappa shape index (κ1) is 13.5. The van der Waals surface area contributed by atoms with Gasteiger partial charge >= 0.3 is 0 Å². The van der Waals surface area contributed by atoms with Crippen LogP contribution >= 0.6 is 11.8 Å². The van der Waals surface area contributed by atoms with Crippen LogP contribution in [0, 0.1) is 17.1 Å². The number of hydrogen-bond acceptors (Lipinski definition) is 5. The molecule has 104 valence electrons. The normalized spacial score (nSPS) is 10.7. The smallest absolute Gasteiger partial charge is 0.257 e. The summed E-state index contributed by atoms with van der Waals surface area (Å²) in [6.45, 7) is 0. The summed E-state index contributed by atoms with van der Waals surface area (Å²) in [7, 11) is 0. The first-order valence-corrected chi connectivity index (χ1v) is 7.11. The molecule has 0 unspecified atom stereocenters. The third-order valence-corrected chi connectivity index (χ3v) is 3.81. The van der Waals surface area contributed by atoms with Crippen LogP contribution in [0.15, 0.2) is 46.0 Å². The number of nitrogens with two attached hydrogens (primary N) is 1. The van der Waals surface area contributed by atoms with Gasteiger partial charge in [0.2, 0.25) is 0 Å². The zero-order chi connectivity index (χ0) is 14.8. The van der Waals surface area contributed by atoms with Crippen molar-refractivity contribution in [2.75, 3.05) is 5.73 Å². The lowest BCUT2D eigenvalue weighted by Gasteiger charge is -2.00. The van der Waals surface area contributed by atoms with Crippen LogP contribution in [0.2, 0.25) is 0 Å². The predicted octanol–water partition coefficient (Wildman–Crippen LogP) is 3.71. The Morgan fingerprint density at radius 1 is 1.29 bits per heavy atom. The summed E-state index contributed by atoms with van der Waals surface area (Å²) in [5, 5.41) is 9.32. The Morgan fingerprint density at radius 2 is 2.14 bits per heavy atom. The highest BCUT2D eigenvalue weighted by atomic mass is 32.2. The van der Waals surface area contributed by atoms with Gasteiger partial charge in [0.25, 0.3) is 5.22 Å². The maximum Gasteiger partial charge on any atom is 0.257 e. The van der Waals surface area contributed by atoms with Crippen LogP contribution in [-0.4, -0.2) is 4.98 Å². The Hall–Kier alpha value is -2.52. The Labute approximate surface area is 124 Å². The van der Waals surface area contributed by atoms with Gasteiger partial charge in [0, 0.05) is 17.5 Å². The molecule has 0 saturated carbocycles. The van der Waals surface area contributed by atoms with Crippen LogP contribution in [0.25, 0.3) is 11.1 Å². The number of hydrogen-bond donors (Lipinski definition) is 1. The minimum atomic E-state index is -0.511. The minimum absolute atomic E-state index is 0.0402. The van der Waals surface area contributed by atoms with Gasteiger partial charge in [0.05, 0.1) is 5.56 Å². The number of fused-ring (bicyclic) bond motifs is 1. The Morgan fingerprint density at radius 3 is 2.95 bits per heavy atom. The molecule has 0 spiro atoms. The highest BCUT2D eigenvalue weighted by molar-refractivity contribution is 7.98. The lowest BCUT2D eigenvalue weighted by Crippen LogP contribution is -1.87. The summed E-state index contributed by atoms with van der Waals surface area (Å²) < 4.78 is 18.8. The van der Waals surface area contributed by atoms with Gasteiger partial charge in [-0.25, -0.2) is 9.37 Å². The number of nitriles is 1. The molecule has 1 aromatic heterocycles. The van der Waals surface area contributed by atoms with E-state index in [9.17, 15) is 4.39 Å². The summed E-state index contributed by atoms with van der Waals surface area (Å²) in [6.07, 6.45) is 0. The number of anilines is 1. The molecule has 0 aliphatic rings. The summed E-state index contributed by atoms with van der Waals surface area (Å²) in [5.41, 5.74) is 8.55. The van der Waals surface area contributed by atoms with Gasteiger partial charge in [-0.1, -0.05) is 17.8 Å². The molecule has 4 nitrogen and oxygen atoms in total. The monoisotopic (exact) mass is 299 g/mol. The van der Waals surface area contributed by atoms with E-state index in [-0.39, 0.29) is 5.56 Å². The van der Waals surface area contributed by atoms with Crippen molar-refractivity contribution in [3.05, 3.63) is 53.3 Å². The number of aromatic nitrogens is 1. The number of benzene rings is 2. The summed E-state index contributed by atoms with van der Waals surface area (Å²) in [6, 6.07) is 11.6. The third kappa shape index (κ3) is 2.83. The molecule has 0 radical (unpaired) electrons. The van der Waals surface area contributed by atoms with Crippen molar-refractivity contribution in [3.8, 4) is 6.07 Å². The third-order valence-electron chi connectivity index (χ3n) is 2.91. The zero-order valence-electron chi connectivity index (χ0n) is 10.8. The van der Waals surface area contributed by atoms with E-state index in [1.54, 1.807) is 24.3 Å². The Balaban J connectivity index is 1.78. The second kappa shape index (κ2) is 5.46. The van der Waals surface area contributed by atoms with Crippen molar-refractivity contribution in [2.45, 2.75) is 11.0 Å². The first-order valence-electron chi connectivity index (χ1n) is 6.13. The van der Waals surface area contributed by atoms with E-state index in [1.165, 1.54) is 23.9 Å². The van der Waals surface area contributed by atoms with Crippen molar-refractivity contribution in [2.24, 2.45) is 0 Å². The molecule has 3 aromatic rings. The molecule has 0 saturated heterocycles. The van der Waals surface area contributed by atoms with Crippen molar-refractivity contribution in [1.82, 2.24) is 4.98 Å². The quantitative estimate of drug-likeness (QED) is 0.589. The number of nitrogens with zero attached hydrogens (tertiary/aromatic N) is 2. The first-order chi connectivity index (χ1) is 10.2. The number of oxazole rings is 1. The molecule has 21 heavy (non-hydrogen) atoms. The fraction of sp³-hybridized carbons (Fsp3) is 0.0667. The maximum absolute atomic E-state index is 13.2. The van der Waals surface area contributed by atoms with Crippen LogP contribution in [0.1, 0.15) is 11.1 Å². The van der Waals surface area contributed by atoms with Crippen LogP contribution < -0.4 is 5.73 Å². The maximum atomic E-state index is 13.2. The Kier molecular flexibility index (Phi) is 3.50. The second-order valence-electron chi connectivity index (χ2n) is 4.42. The Bertz CT molecular complexity index is 854. The van der Waals surface area contributed by atoms with E-state index < -0.39 is 5.82 Å². The van der Waals surface area contributed by atoms with Crippen LogP contribution in [0.4, 0.5) is 10.1 Å². The highest BCUT2D eigenvalue weighted by Gasteiger charge is 2.08. The summed E-state index contributed by atoms with van der Waals surface area (Å²) >= 11 is 1.38. The molecule has 0 fully saturated rings. The number of halogens is 1. The average molecular weight is 299 g/mol. The van der Waals surface area contributed by atoms with E-state index in [4.69, 9.17) is 15.4 Å². The van der Waals surface area contributed by atoms with Gasteiger partial charge in [-0.15, -0.1) is 0 Å².